The summed E-state index contributed by atoms with van der Waals surface area (Å²) in [5, 5.41) is 3.06. The summed E-state index contributed by atoms with van der Waals surface area (Å²) in [4.78, 5) is 41.8. The molecule has 8 nitrogen and oxygen atoms in total. The fourth-order valence-electron chi connectivity index (χ4n) is 5.44. The van der Waals surface area contributed by atoms with E-state index in [1.165, 1.54) is 17.4 Å². The fraction of sp³-hybridized carbons (Fsp3) is 0.321. The third-order valence-electron chi connectivity index (χ3n) is 7.31. The number of hydrogen-bond donors (Lipinski definition) is 1. The van der Waals surface area contributed by atoms with Crippen molar-refractivity contribution in [2.45, 2.75) is 39.2 Å². The second-order valence-electron chi connectivity index (χ2n) is 9.68. The van der Waals surface area contributed by atoms with Crippen LogP contribution in [-0.4, -0.2) is 51.9 Å². The maximum atomic E-state index is 13.3. The van der Waals surface area contributed by atoms with Gasteiger partial charge in [-0.05, 0) is 75.6 Å². The number of benzene rings is 1. The van der Waals surface area contributed by atoms with E-state index in [-0.39, 0.29) is 23.3 Å². The number of carbonyl (C=O) groups excluding carboxylic acids is 2. The molecule has 5 rings (SSSR count). The normalized spacial score (nSPS) is 21.8. The van der Waals surface area contributed by atoms with Gasteiger partial charge in [0.25, 0.3) is 5.91 Å². The first kappa shape index (κ1) is 24.8. The summed E-state index contributed by atoms with van der Waals surface area (Å²) in [6.07, 6.45) is 6.16. The third kappa shape index (κ3) is 4.67. The molecule has 0 unspecified atom stereocenters. The maximum Gasteiger partial charge on any atom is 0.268 e. The molecule has 2 fully saturated rings. The second-order valence-corrected chi connectivity index (χ2v) is 10.8. The highest BCUT2D eigenvalue weighted by Gasteiger charge is 2.50. The highest BCUT2D eigenvalue weighted by Crippen LogP contribution is 2.55. The first-order valence-corrected chi connectivity index (χ1v) is 13.2. The van der Waals surface area contributed by atoms with E-state index < -0.39 is 0 Å². The molecule has 1 aliphatic heterocycles. The fourth-order valence-corrected chi connectivity index (χ4v) is 6.36. The van der Waals surface area contributed by atoms with Crippen molar-refractivity contribution in [1.82, 2.24) is 14.5 Å². The van der Waals surface area contributed by atoms with Crippen molar-refractivity contribution >= 4 is 58.4 Å². The van der Waals surface area contributed by atoms with Gasteiger partial charge in [-0.2, -0.15) is 0 Å². The van der Waals surface area contributed by atoms with Gasteiger partial charge in [0.15, 0.2) is 0 Å². The van der Waals surface area contributed by atoms with E-state index in [2.05, 4.69) is 33.2 Å². The van der Waals surface area contributed by atoms with Crippen LogP contribution in [0, 0.1) is 5.41 Å². The Bertz CT molecular complexity index is 1460. The van der Waals surface area contributed by atoms with Crippen molar-refractivity contribution in [3.05, 3.63) is 64.9 Å². The number of thiophene rings is 1. The lowest BCUT2D eigenvalue weighted by molar-refractivity contribution is -0.125. The Morgan fingerprint density at radius 3 is 2.70 bits per heavy atom. The van der Waals surface area contributed by atoms with Gasteiger partial charge in [0.1, 0.15) is 5.84 Å². The molecule has 9 heteroatoms. The number of anilines is 1. The standard InChI is InChI=1S/C28H30N6O2S/c1-5-20(30-18(3)29-4)23-11-12-24(37-23)26(36)32-27-31-21-9-7-8-10-22(21)34(27)19-15-28(16-19)13-14-33(17-28)25(35)6-2/h5-12,19H,2,4,13-17H2,1,3H3,(H,31,32,36)/b20-5-,30-18-/t19-,28-. The molecule has 37 heavy (non-hydrogen) atoms. The Morgan fingerprint density at radius 1 is 1.22 bits per heavy atom. The molecule has 0 bridgehead atoms. The van der Waals surface area contributed by atoms with Crippen molar-refractivity contribution in [2.75, 3.05) is 18.4 Å². The molecule has 3 heterocycles. The van der Waals surface area contributed by atoms with Crippen LogP contribution < -0.4 is 5.32 Å². The van der Waals surface area contributed by atoms with Crippen molar-refractivity contribution < 1.29 is 9.59 Å². The van der Waals surface area contributed by atoms with Gasteiger partial charge < -0.3 is 9.47 Å². The van der Waals surface area contributed by atoms with Gasteiger partial charge in [-0.1, -0.05) is 24.8 Å². The molecule has 1 spiro atoms. The van der Waals surface area contributed by atoms with Crippen LogP contribution in [0.25, 0.3) is 16.7 Å². The smallest absolute Gasteiger partial charge is 0.268 e. The lowest BCUT2D eigenvalue weighted by atomic mass is 9.65. The zero-order valence-corrected chi connectivity index (χ0v) is 21.9. The number of amidine groups is 1. The predicted octanol–water partition coefficient (Wildman–Crippen LogP) is 5.57. The first-order valence-electron chi connectivity index (χ1n) is 12.3. The molecule has 0 radical (unpaired) electrons. The minimum absolute atomic E-state index is 0.000595. The van der Waals surface area contributed by atoms with Gasteiger partial charge in [0.05, 0.1) is 26.5 Å². The minimum Gasteiger partial charge on any atom is -0.339 e. The molecular formula is C28H30N6O2S. The van der Waals surface area contributed by atoms with E-state index in [1.54, 1.807) is 13.0 Å². The lowest BCUT2D eigenvalue weighted by Gasteiger charge is -2.46. The van der Waals surface area contributed by atoms with Crippen molar-refractivity contribution in [1.29, 1.82) is 0 Å². The van der Waals surface area contributed by atoms with Gasteiger partial charge in [-0.3, -0.25) is 14.9 Å². The number of rotatable bonds is 6. The summed E-state index contributed by atoms with van der Waals surface area (Å²) >= 11 is 1.37. The van der Waals surface area contributed by atoms with Crippen LogP contribution >= 0.6 is 11.3 Å². The summed E-state index contributed by atoms with van der Waals surface area (Å²) in [6, 6.07) is 11.9. The third-order valence-corrected chi connectivity index (χ3v) is 8.42. The SMILES string of the molecule is C=CC(=O)N1CC[C@]2(C1)C[C@H](n1c(NC(=O)c3ccc(C(=C/C)/N=C(/C)N=C)s3)nc3ccccc31)C2. The van der Waals surface area contributed by atoms with Gasteiger partial charge >= 0.3 is 0 Å². The predicted molar refractivity (Wildman–Crippen MR) is 150 cm³/mol. The minimum atomic E-state index is -0.205. The molecule has 3 aromatic rings. The molecule has 0 atom stereocenters. The maximum absolute atomic E-state index is 13.3. The number of allylic oxidation sites excluding steroid dienone is 1. The molecular weight excluding hydrogens is 484 g/mol. The van der Waals surface area contributed by atoms with Gasteiger partial charge in [0, 0.05) is 19.1 Å². The second kappa shape index (κ2) is 9.89. The zero-order valence-electron chi connectivity index (χ0n) is 21.1. The van der Waals surface area contributed by atoms with Crippen LogP contribution in [0.5, 0.6) is 0 Å². The van der Waals surface area contributed by atoms with Crippen LogP contribution in [-0.2, 0) is 4.79 Å². The van der Waals surface area contributed by atoms with Gasteiger partial charge in [-0.15, -0.1) is 11.3 Å². The molecule has 2 aliphatic rings. The number of imidazole rings is 1. The molecule has 1 aromatic carbocycles. The quantitative estimate of drug-likeness (QED) is 0.265. The molecule has 1 saturated carbocycles. The number of amides is 2. The Kier molecular flexibility index (Phi) is 6.64. The number of hydrogen-bond acceptors (Lipinski definition) is 5. The highest BCUT2D eigenvalue weighted by molar-refractivity contribution is 7.15. The number of carbonyl (C=O) groups is 2. The Hall–Kier alpha value is -3.85. The molecule has 2 amide bonds. The van der Waals surface area contributed by atoms with Gasteiger partial charge in [0.2, 0.25) is 11.9 Å². The van der Waals surface area contributed by atoms with E-state index >= 15 is 0 Å². The molecule has 2 aromatic heterocycles. The van der Waals surface area contributed by atoms with Crippen LogP contribution in [0.2, 0.25) is 0 Å². The van der Waals surface area contributed by atoms with Crippen molar-refractivity contribution in [2.24, 2.45) is 15.4 Å². The summed E-state index contributed by atoms with van der Waals surface area (Å²) in [7, 11) is 0. The van der Waals surface area contributed by atoms with E-state index in [9.17, 15) is 9.59 Å². The number of aromatic nitrogens is 2. The van der Waals surface area contributed by atoms with Crippen LogP contribution in [0.1, 0.15) is 53.7 Å². The summed E-state index contributed by atoms with van der Waals surface area (Å²) in [5.74, 6) is 0.913. The van der Waals surface area contributed by atoms with E-state index in [0.29, 0.717) is 16.7 Å². The van der Waals surface area contributed by atoms with E-state index in [0.717, 1.165) is 54.0 Å². The Balaban J connectivity index is 1.37. The number of nitrogens with zero attached hydrogens (tertiary/aromatic N) is 5. The summed E-state index contributed by atoms with van der Waals surface area (Å²) in [6.45, 7) is 12.4. The Morgan fingerprint density at radius 2 is 1.97 bits per heavy atom. The Labute approximate surface area is 220 Å². The summed E-state index contributed by atoms with van der Waals surface area (Å²) < 4.78 is 2.16. The van der Waals surface area contributed by atoms with Crippen LogP contribution in [0.15, 0.2) is 65.1 Å². The van der Waals surface area contributed by atoms with Crippen LogP contribution in [0.4, 0.5) is 5.95 Å². The van der Waals surface area contributed by atoms with Gasteiger partial charge in [-0.25, -0.2) is 15.0 Å². The number of para-hydroxylation sites is 2. The first-order chi connectivity index (χ1) is 17.9. The van der Waals surface area contributed by atoms with E-state index in [4.69, 9.17) is 4.98 Å². The van der Waals surface area contributed by atoms with E-state index in [1.807, 2.05) is 48.2 Å². The topological polar surface area (TPSA) is 92.0 Å². The van der Waals surface area contributed by atoms with Crippen molar-refractivity contribution in [3.8, 4) is 0 Å². The average molecular weight is 515 g/mol. The lowest BCUT2D eigenvalue weighted by Crippen LogP contribution is -2.42. The molecule has 190 valence electrons. The highest BCUT2D eigenvalue weighted by atomic mass is 32.1. The van der Waals surface area contributed by atoms with Crippen molar-refractivity contribution in [3.63, 3.8) is 0 Å². The molecule has 1 saturated heterocycles. The monoisotopic (exact) mass is 514 g/mol. The molecule has 1 aliphatic carbocycles. The summed E-state index contributed by atoms with van der Waals surface area (Å²) in [5.41, 5.74) is 2.72. The number of fused-ring (bicyclic) bond motifs is 1. The molecule has 1 N–H and O–H groups in total. The number of likely N-dealkylation sites (tertiary alicyclic amines) is 1. The van der Waals surface area contributed by atoms with Crippen LogP contribution in [0.3, 0.4) is 0 Å². The number of nitrogens with one attached hydrogen (secondary N) is 1. The average Bonchev–Trinajstić information content (AvgIpc) is 3.62. The number of aliphatic imine (C=N–C) groups is 2. The largest absolute Gasteiger partial charge is 0.339 e. The zero-order chi connectivity index (χ0) is 26.2.